The Morgan fingerprint density at radius 3 is 2.89 bits per heavy atom. The van der Waals surface area contributed by atoms with Crippen molar-refractivity contribution in [1.29, 1.82) is 0 Å². The minimum atomic E-state index is 0.436. The third-order valence-corrected chi connectivity index (χ3v) is 4.24. The summed E-state index contributed by atoms with van der Waals surface area (Å²) in [5.74, 6) is 7.06. The molecule has 0 unspecified atom stereocenters. The van der Waals surface area contributed by atoms with E-state index in [-0.39, 0.29) is 0 Å². The van der Waals surface area contributed by atoms with Crippen LogP contribution >= 0.6 is 11.3 Å². The molecule has 2 nitrogen and oxygen atoms in total. The van der Waals surface area contributed by atoms with E-state index in [2.05, 4.69) is 42.0 Å². The first kappa shape index (κ1) is 13.6. The van der Waals surface area contributed by atoms with Crippen LogP contribution in [0.3, 0.4) is 0 Å². The Morgan fingerprint density at radius 2 is 2.28 bits per heavy atom. The fourth-order valence-electron chi connectivity index (χ4n) is 2.00. The lowest BCUT2D eigenvalue weighted by Crippen LogP contribution is -2.32. The van der Waals surface area contributed by atoms with Gasteiger partial charge >= 0.3 is 0 Å². The molecule has 0 atom stereocenters. The highest BCUT2D eigenvalue weighted by Crippen LogP contribution is 2.31. The molecule has 3 heteroatoms. The van der Waals surface area contributed by atoms with Crippen LogP contribution in [0.25, 0.3) is 0 Å². The largest absolute Gasteiger partial charge is 0.320 e. The van der Waals surface area contributed by atoms with E-state index in [1.165, 1.54) is 24.3 Å². The zero-order chi connectivity index (χ0) is 13.0. The summed E-state index contributed by atoms with van der Waals surface area (Å²) in [4.78, 5) is 3.95. The molecule has 0 aliphatic heterocycles. The molecule has 1 heterocycles. The van der Waals surface area contributed by atoms with Crippen molar-refractivity contribution in [2.24, 2.45) is 11.7 Å². The molecular weight excluding hydrogens is 240 g/mol. The third kappa shape index (κ3) is 3.84. The molecule has 1 saturated carbocycles. The molecule has 2 N–H and O–H groups in total. The zero-order valence-corrected chi connectivity index (χ0v) is 12.1. The number of rotatable bonds is 5. The number of hydrogen-bond acceptors (Lipinski definition) is 3. The zero-order valence-electron chi connectivity index (χ0n) is 11.3. The standard InChI is InChI=1S/C15H22N2S/c1-12(2)17(10-13-5-6-13)11-15-14(4-3-8-16)7-9-18-15/h7,9,12-13H,5-6,8,10-11,16H2,1-2H3. The first-order chi connectivity index (χ1) is 8.70. The van der Waals surface area contributed by atoms with Crippen molar-refractivity contribution in [1.82, 2.24) is 4.90 Å². The van der Waals surface area contributed by atoms with Crippen molar-refractivity contribution >= 4 is 11.3 Å². The maximum absolute atomic E-state index is 5.44. The highest BCUT2D eigenvalue weighted by molar-refractivity contribution is 7.10. The lowest BCUT2D eigenvalue weighted by molar-refractivity contribution is 0.205. The maximum atomic E-state index is 5.44. The van der Waals surface area contributed by atoms with Gasteiger partial charge in [0.1, 0.15) is 0 Å². The summed E-state index contributed by atoms with van der Waals surface area (Å²) in [6.45, 7) is 7.26. The number of thiophene rings is 1. The molecule has 0 bridgehead atoms. The normalized spacial score (nSPS) is 14.9. The van der Waals surface area contributed by atoms with Crippen LogP contribution in [-0.4, -0.2) is 24.0 Å². The smallest absolute Gasteiger partial charge is 0.0555 e. The van der Waals surface area contributed by atoms with E-state index in [1.54, 1.807) is 0 Å². The molecule has 0 aromatic carbocycles. The van der Waals surface area contributed by atoms with Crippen LogP contribution in [0.1, 0.15) is 37.1 Å². The minimum absolute atomic E-state index is 0.436. The molecule has 1 fully saturated rings. The van der Waals surface area contributed by atoms with E-state index >= 15 is 0 Å². The average molecular weight is 262 g/mol. The van der Waals surface area contributed by atoms with Crippen molar-refractivity contribution in [3.63, 3.8) is 0 Å². The second-order valence-corrected chi connectivity index (χ2v) is 6.23. The van der Waals surface area contributed by atoms with Crippen LogP contribution in [0.15, 0.2) is 11.4 Å². The van der Waals surface area contributed by atoms with Gasteiger partial charge in [-0.3, -0.25) is 4.90 Å². The van der Waals surface area contributed by atoms with Gasteiger partial charge in [-0.2, -0.15) is 0 Å². The van der Waals surface area contributed by atoms with Gasteiger partial charge < -0.3 is 5.73 Å². The Bertz CT molecular complexity index is 435. The second kappa shape index (κ2) is 6.38. The van der Waals surface area contributed by atoms with E-state index in [4.69, 9.17) is 5.73 Å². The molecule has 0 amide bonds. The van der Waals surface area contributed by atoms with E-state index in [1.807, 2.05) is 11.3 Å². The summed E-state index contributed by atoms with van der Waals surface area (Å²) in [7, 11) is 0. The molecule has 2 rings (SSSR count). The van der Waals surface area contributed by atoms with E-state index < -0.39 is 0 Å². The van der Waals surface area contributed by atoms with Gasteiger partial charge in [0.25, 0.3) is 0 Å². The summed E-state index contributed by atoms with van der Waals surface area (Å²) < 4.78 is 0. The molecule has 18 heavy (non-hydrogen) atoms. The predicted molar refractivity (Wildman–Crippen MR) is 78.5 cm³/mol. The number of nitrogens with zero attached hydrogens (tertiary/aromatic N) is 1. The lowest BCUT2D eigenvalue weighted by Gasteiger charge is -2.26. The van der Waals surface area contributed by atoms with Crippen LogP contribution in [0.5, 0.6) is 0 Å². The lowest BCUT2D eigenvalue weighted by atomic mass is 10.2. The molecule has 1 aromatic heterocycles. The summed E-state index contributed by atoms with van der Waals surface area (Å²) in [6, 6.07) is 2.71. The molecule has 0 spiro atoms. The van der Waals surface area contributed by atoms with Crippen LogP contribution < -0.4 is 5.73 Å². The van der Waals surface area contributed by atoms with Crippen LogP contribution in [0, 0.1) is 17.8 Å². The molecule has 1 aliphatic rings. The molecule has 0 saturated heterocycles. The molecule has 0 radical (unpaired) electrons. The van der Waals surface area contributed by atoms with Crippen molar-refractivity contribution in [3.8, 4) is 11.8 Å². The predicted octanol–water partition coefficient (Wildman–Crippen LogP) is 2.68. The van der Waals surface area contributed by atoms with Crippen molar-refractivity contribution < 1.29 is 0 Å². The van der Waals surface area contributed by atoms with Crippen molar-refractivity contribution in [3.05, 3.63) is 21.9 Å². The fraction of sp³-hybridized carbons (Fsp3) is 0.600. The van der Waals surface area contributed by atoms with E-state index in [0.29, 0.717) is 12.6 Å². The highest BCUT2D eigenvalue weighted by Gasteiger charge is 2.25. The first-order valence-corrected chi connectivity index (χ1v) is 7.58. The molecule has 1 aromatic rings. The van der Waals surface area contributed by atoms with Gasteiger partial charge in [-0.25, -0.2) is 0 Å². The van der Waals surface area contributed by atoms with Crippen molar-refractivity contribution in [2.75, 3.05) is 13.1 Å². The van der Waals surface area contributed by atoms with E-state index in [0.717, 1.165) is 18.0 Å². The Morgan fingerprint density at radius 1 is 1.50 bits per heavy atom. The Kier molecular flexibility index (Phi) is 4.82. The van der Waals surface area contributed by atoms with Gasteiger partial charge in [0.05, 0.1) is 6.54 Å². The molecule has 1 aliphatic carbocycles. The van der Waals surface area contributed by atoms with Gasteiger partial charge in [0.2, 0.25) is 0 Å². The summed E-state index contributed by atoms with van der Waals surface area (Å²) in [5.41, 5.74) is 6.60. The van der Waals surface area contributed by atoms with Crippen LogP contribution in [0.4, 0.5) is 0 Å². The Hall–Kier alpha value is -0.820. The topological polar surface area (TPSA) is 29.3 Å². The summed E-state index contributed by atoms with van der Waals surface area (Å²) >= 11 is 1.81. The third-order valence-electron chi connectivity index (χ3n) is 3.34. The highest BCUT2D eigenvalue weighted by atomic mass is 32.1. The first-order valence-electron chi connectivity index (χ1n) is 6.70. The van der Waals surface area contributed by atoms with Gasteiger partial charge in [-0.05, 0) is 44.1 Å². The average Bonchev–Trinajstić information content (AvgIpc) is 3.05. The SMILES string of the molecule is CC(C)N(Cc1sccc1C#CCN)CC1CC1. The van der Waals surface area contributed by atoms with E-state index in [9.17, 15) is 0 Å². The number of nitrogens with two attached hydrogens (primary N) is 1. The van der Waals surface area contributed by atoms with Gasteiger partial charge in [-0.1, -0.05) is 11.8 Å². The summed E-state index contributed by atoms with van der Waals surface area (Å²) in [6.07, 6.45) is 2.82. The van der Waals surface area contributed by atoms with Gasteiger partial charge in [0.15, 0.2) is 0 Å². The van der Waals surface area contributed by atoms with Crippen LogP contribution in [0.2, 0.25) is 0 Å². The number of hydrogen-bond donors (Lipinski definition) is 1. The van der Waals surface area contributed by atoms with Gasteiger partial charge in [-0.15, -0.1) is 11.3 Å². The van der Waals surface area contributed by atoms with Crippen molar-refractivity contribution in [2.45, 2.75) is 39.3 Å². The van der Waals surface area contributed by atoms with Gasteiger partial charge in [0, 0.05) is 29.6 Å². The second-order valence-electron chi connectivity index (χ2n) is 5.23. The quantitative estimate of drug-likeness (QED) is 0.827. The Labute approximate surface area is 114 Å². The maximum Gasteiger partial charge on any atom is 0.0555 e. The monoisotopic (exact) mass is 262 g/mol. The minimum Gasteiger partial charge on any atom is -0.320 e. The van der Waals surface area contributed by atoms with Crippen LogP contribution in [-0.2, 0) is 6.54 Å². The fourth-order valence-corrected chi connectivity index (χ4v) is 2.85. The Balaban J connectivity index is 2.03. The molecular formula is C15H22N2S. The summed E-state index contributed by atoms with van der Waals surface area (Å²) in [5, 5.41) is 2.13. The molecule has 98 valence electrons.